The summed E-state index contributed by atoms with van der Waals surface area (Å²) in [5.74, 6) is -1.06. The van der Waals surface area contributed by atoms with E-state index in [0.29, 0.717) is 11.1 Å². The van der Waals surface area contributed by atoms with Crippen LogP contribution in [0.4, 0.5) is 20.6 Å². The molecule has 0 bridgehead atoms. The lowest BCUT2D eigenvalue weighted by Crippen LogP contribution is -2.33. The second kappa shape index (κ2) is 9.72. The zero-order chi connectivity index (χ0) is 26.2. The molecule has 0 fully saturated rings. The minimum atomic E-state index is -4.08. The molecule has 2 heterocycles. The van der Waals surface area contributed by atoms with Crippen LogP contribution in [-0.2, 0) is 14.8 Å². The summed E-state index contributed by atoms with van der Waals surface area (Å²) in [6, 6.07) is 11.9. The number of benzene rings is 2. The van der Waals surface area contributed by atoms with Crippen LogP contribution in [0.2, 0.25) is 4.34 Å². The number of carbonyl (C=O) groups is 2. The maximum absolute atomic E-state index is 14.6. The molecule has 4 aromatic rings. The molecule has 0 aliphatic heterocycles. The number of hydrogen-bond acceptors (Lipinski definition) is 6. The first-order valence-electron chi connectivity index (χ1n) is 10.2. The third kappa shape index (κ3) is 5.10. The van der Waals surface area contributed by atoms with Crippen molar-refractivity contribution < 1.29 is 22.4 Å². The minimum absolute atomic E-state index is 0.0602. The van der Waals surface area contributed by atoms with Crippen LogP contribution in [0.3, 0.4) is 0 Å². The molecule has 0 spiro atoms. The van der Waals surface area contributed by atoms with E-state index < -0.39 is 27.4 Å². The summed E-state index contributed by atoms with van der Waals surface area (Å²) in [6.45, 7) is 1.31. The van der Waals surface area contributed by atoms with Gasteiger partial charge in [0.05, 0.1) is 15.4 Å². The van der Waals surface area contributed by atoms with Crippen molar-refractivity contribution in [2.75, 3.05) is 17.3 Å². The van der Waals surface area contributed by atoms with Gasteiger partial charge in [-0.15, -0.1) is 11.3 Å². The number of thiophene rings is 1. The Morgan fingerprint density at radius 2 is 1.78 bits per heavy atom. The molecule has 4 rings (SSSR count). The van der Waals surface area contributed by atoms with Crippen molar-refractivity contribution in [3.8, 4) is 5.69 Å². The van der Waals surface area contributed by atoms with Crippen molar-refractivity contribution in [3.63, 3.8) is 0 Å². The van der Waals surface area contributed by atoms with Gasteiger partial charge in [-0.25, -0.2) is 22.3 Å². The number of nitrogens with one attached hydrogen (secondary N) is 2. The number of amides is 3. The number of pyridine rings is 1. The van der Waals surface area contributed by atoms with Crippen molar-refractivity contribution in [1.82, 2.24) is 9.29 Å². The molecule has 9 nitrogen and oxygen atoms in total. The molecule has 2 aromatic carbocycles. The van der Waals surface area contributed by atoms with Crippen LogP contribution >= 0.6 is 22.9 Å². The highest BCUT2D eigenvalue weighted by atomic mass is 35.5. The molecule has 0 saturated heterocycles. The monoisotopic (exact) mass is 548 g/mol. The van der Waals surface area contributed by atoms with E-state index in [1.807, 2.05) is 4.72 Å². The highest BCUT2D eigenvalue weighted by Gasteiger charge is 2.20. The Morgan fingerprint density at radius 3 is 2.39 bits per heavy atom. The van der Waals surface area contributed by atoms with E-state index in [-0.39, 0.29) is 31.2 Å². The number of halogens is 2. The topological polar surface area (TPSA) is 118 Å². The normalized spacial score (nSPS) is 11.3. The quantitative estimate of drug-likeness (QED) is 0.385. The van der Waals surface area contributed by atoms with Gasteiger partial charge in [-0.3, -0.25) is 14.2 Å². The molecule has 0 unspecified atom stereocenters. The van der Waals surface area contributed by atoms with Gasteiger partial charge in [0.1, 0.15) is 10.0 Å². The lowest BCUT2D eigenvalue weighted by molar-refractivity contribution is -0.116. The first-order chi connectivity index (χ1) is 17.0. The van der Waals surface area contributed by atoms with Gasteiger partial charge >= 0.3 is 6.03 Å². The molecule has 0 aliphatic rings. The highest BCUT2D eigenvalue weighted by Crippen LogP contribution is 2.26. The number of rotatable bonds is 5. The van der Waals surface area contributed by atoms with Crippen molar-refractivity contribution in [2.24, 2.45) is 0 Å². The average molecular weight is 549 g/mol. The smallest absolute Gasteiger partial charge is 0.313 e. The van der Waals surface area contributed by atoms with Gasteiger partial charge in [0, 0.05) is 31.5 Å². The Kier molecular flexibility index (Phi) is 6.85. The number of urea groups is 1. The summed E-state index contributed by atoms with van der Waals surface area (Å²) in [5.41, 5.74) is 0.277. The Balaban J connectivity index is 1.55. The van der Waals surface area contributed by atoms with E-state index in [1.54, 1.807) is 6.07 Å². The number of fused-ring (bicyclic) bond motifs is 1. The van der Waals surface area contributed by atoms with Crippen LogP contribution < -0.4 is 20.5 Å². The highest BCUT2D eigenvalue weighted by molar-refractivity contribution is 7.92. The summed E-state index contributed by atoms with van der Waals surface area (Å²) in [6.07, 6.45) is 1.51. The van der Waals surface area contributed by atoms with Gasteiger partial charge in [-0.2, -0.15) is 0 Å². The number of anilines is 2. The van der Waals surface area contributed by atoms with Gasteiger partial charge in [0.15, 0.2) is 0 Å². The molecule has 13 heteroatoms. The molecule has 2 N–H and O–H groups in total. The minimum Gasteiger partial charge on any atom is -0.313 e. The molecule has 186 valence electrons. The Hall–Kier alpha value is -3.74. The Bertz CT molecular complexity index is 1670. The molecule has 0 saturated carbocycles. The largest absolute Gasteiger partial charge is 0.333 e. The maximum Gasteiger partial charge on any atom is 0.333 e. The average Bonchev–Trinajstić information content (AvgIpc) is 3.26. The molecule has 0 atom stereocenters. The second-order valence-corrected chi connectivity index (χ2v) is 11.2. The SMILES string of the molecule is CC(=O)N(C)c1cc2ccn(-c3ccc(NC(=O)NS(=O)(=O)c4ccc(Cl)s4)cc3)c(=O)c2cc1F. The summed E-state index contributed by atoms with van der Waals surface area (Å²) < 4.78 is 42.4. The van der Waals surface area contributed by atoms with Crippen LogP contribution in [0.25, 0.3) is 16.5 Å². The molecule has 0 aliphatic carbocycles. The third-order valence-electron chi connectivity index (χ3n) is 5.25. The predicted octanol–water partition coefficient (Wildman–Crippen LogP) is 4.34. The predicted molar refractivity (Wildman–Crippen MR) is 137 cm³/mol. The van der Waals surface area contributed by atoms with Gasteiger partial charge in [0.2, 0.25) is 5.91 Å². The lowest BCUT2D eigenvalue weighted by atomic mass is 10.1. The first-order valence-corrected chi connectivity index (χ1v) is 12.9. The zero-order valence-electron chi connectivity index (χ0n) is 18.8. The van der Waals surface area contributed by atoms with E-state index in [4.69, 9.17) is 11.6 Å². The van der Waals surface area contributed by atoms with Crippen LogP contribution in [0.15, 0.2) is 69.8 Å². The van der Waals surface area contributed by atoms with E-state index in [1.165, 1.54) is 67.2 Å². The van der Waals surface area contributed by atoms with Crippen molar-refractivity contribution >= 4 is 67.0 Å². The van der Waals surface area contributed by atoms with Crippen molar-refractivity contribution in [1.29, 1.82) is 0 Å². The summed E-state index contributed by atoms with van der Waals surface area (Å²) in [5, 5.41) is 2.99. The molecule has 36 heavy (non-hydrogen) atoms. The van der Waals surface area contributed by atoms with E-state index in [2.05, 4.69) is 5.32 Å². The van der Waals surface area contributed by atoms with E-state index >= 15 is 0 Å². The second-order valence-electron chi connectivity index (χ2n) is 7.62. The zero-order valence-corrected chi connectivity index (χ0v) is 21.2. The fourth-order valence-electron chi connectivity index (χ4n) is 3.36. The number of sulfonamides is 1. The van der Waals surface area contributed by atoms with Gasteiger partial charge in [-0.05, 0) is 60.0 Å². The first kappa shape index (κ1) is 25.4. The van der Waals surface area contributed by atoms with Gasteiger partial charge in [0.25, 0.3) is 15.6 Å². The standard InChI is InChI=1S/C23H18ClFN4O5S2/c1-13(30)28(2)19-11-14-9-10-29(22(31)17(14)12-18(19)25)16-5-3-15(4-6-16)26-23(32)27-36(33,34)21-8-7-20(24)35-21/h3-12H,1-2H3,(H2,26,27,32). The van der Waals surface area contributed by atoms with Crippen LogP contribution in [-0.4, -0.2) is 32.0 Å². The molecule has 0 radical (unpaired) electrons. The number of hydrogen-bond donors (Lipinski definition) is 2. The molecule has 3 amide bonds. The molecular formula is C23H18ClFN4O5S2. The maximum atomic E-state index is 14.6. The van der Waals surface area contributed by atoms with Crippen molar-refractivity contribution in [3.05, 3.63) is 81.3 Å². The third-order valence-corrected chi connectivity index (χ3v) is 8.30. The molecule has 2 aromatic heterocycles. The van der Waals surface area contributed by atoms with Crippen LogP contribution in [0, 0.1) is 5.82 Å². The summed E-state index contributed by atoms with van der Waals surface area (Å²) >= 11 is 6.56. The summed E-state index contributed by atoms with van der Waals surface area (Å²) in [7, 11) is -2.64. The van der Waals surface area contributed by atoms with Crippen LogP contribution in [0.1, 0.15) is 6.92 Å². The van der Waals surface area contributed by atoms with E-state index in [9.17, 15) is 27.2 Å². The van der Waals surface area contributed by atoms with Crippen molar-refractivity contribution in [2.45, 2.75) is 11.1 Å². The van der Waals surface area contributed by atoms with E-state index in [0.717, 1.165) is 22.3 Å². The fourth-order valence-corrected chi connectivity index (χ4v) is 5.75. The lowest BCUT2D eigenvalue weighted by Gasteiger charge is -2.17. The summed E-state index contributed by atoms with van der Waals surface area (Å²) in [4.78, 5) is 37.9. The van der Waals surface area contributed by atoms with Gasteiger partial charge < -0.3 is 10.2 Å². The number of carbonyl (C=O) groups excluding carboxylic acids is 2. The number of aromatic nitrogens is 1. The van der Waals surface area contributed by atoms with Crippen LogP contribution in [0.5, 0.6) is 0 Å². The Labute approximate surface area is 213 Å². The Morgan fingerprint density at radius 1 is 1.08 bits per heavy atom. The molecular weight excluding hydrogens is 531 g/mol. The number of nitrogens with zero attached hydrogens (tertiary/aromatic N) is 2. The van der Waals surface area contributed by atoms with Gasteiger partial charge in [-0.1, -0.05) is 11.6 Å². The fraction of sp³-hybridized carbons (Fsp3) is 0.0870.